The highest BCUT2D eigenvalue weighted by molar-refractivity contribution is 5.95. The molecule has 1 aromatic rings. The molecule has 1 aliphatic heterocycles. The van der Waals surface area contributed by atoms with Gasteiger partial charge in [0.25, 0.3) is 5.91 Å². The van der Waals surface area contributed by atoms with Crippen LogP contribution in [-0.2, 0) is 0 Å². The zero-order chi connectivity index (χ0) is 14.5. The third kappa shape index (κ3) is 5.01. The van der Waals surface area contributed by atoms with Gasteiger partial charge in [-0.2, -0.15) is 0 Å². The van der Waals surface area contributed by atoms with E-state index in [1.807, 2.05) is 6.92 Å². The number of benzene rings is 1. The standard InChI is InChI=1S/C17H26N2O.ClH/c1-12(2)11-19-17(20)16-10-15(5-4-13(16)3)14-6-8-18-9-7-14;/h4-5,10,12,14,18H,6-9,11H2,1-3H3,(H,19,20);1H. The van der Waals surface area contributed by atoms with Crippen molar-refractivity contribution >= 4 is 18.3 Å². The van der Waals surface area contributed by atoms with Crippen LogP contribution in [0.15, 0.2) is 18.2 Å². The first kappa shape index (κ1) is 18.0. The molecule has 0 aromatic heterocycles. The van der Waals surface area contributed by atoms with Crippen molar-refractivity contribution in [3.8, 4) is 0 Å². The zero-order valence-electron chi connectivity index (χ0n) is 13.2. The lowest BCUT2D eigenvalue weighted by molar-refractivity contribution is 0.0948. The highest BCUT2D eigenvalue weighted by atomic mass is 35.5. The molecular weight excluding hydrogens is 284 g/mol. The van der Waals surface area contributed by atoms with Crippen LogP contribution < -0.4 is 10.6 Å². The minimum atomic E-state index is 0. The zero-order valence-corrected chi connectivity index (χ0v) is 14.1. The number of carbonyl (C=O) groups is 1. The summed E-state index contributed by atoms with van der Waals surface area (Å²) in [6, 6.07) is 6.37. The largest absolute Gasteiger partial charge is 0.352 e. The van der Waals surface area contributed by atoms with Crippen LogP contribution in [0, 0.1) is 12.8 Å². The first-order valence-electron chi connectivity index (χ1n) is 7.67. The van der Waals surface area contributed by atoms with E-state index >= 15 is 0 Å². The maximum absolute atomic E-state index is 12.3. The lowest BCUT2D eigenvalue weighted by Crippen LogP contribution is -2.29. The van der Waals surface area contributed by atoms with Gasteiger partial charge in [-0.3, -0.25) is 4.79 Å². The second-order valence-corrected chi connectivity index (χ2v) is 6.20. The van der Waals surface area contributed by atoms with Crippen LogP contribution >= 0.6 is 12.4 Å². The average molecular weight is 311 g/mol. The third-order valence-electron chi connectivity index (χ3n) is 3.99. The summed E-state index contributed by atoms with van der Waals surface area (Å²) in [6.07, 6.45) is 2.33. The molecule has 118 valence electrons. The van der Waals surface area contributed by atoms with Crippen molar-refractivity contribution in [2.75, 3.05) is 19.6 Å². The Labute approximate surface area is 134 Å². The Bertz CT molecular complexity index is 468. The Morgan fingerprint density at radius 1 is 1.33 bits per heavy atom. The van der Waals surface area contributed by atoms with Crippen molar-refractivity contribution in [2.45, 2.75) is 39.5 Å². The SMILES string of the molecule is Cc1ccc(C2CCNCC2)cc1C(=O)NCC(C)C.Cl. The molecule has 4 heteroatoms. The molecule has 0 unspecified atom stereocenters. The van der Waals surface area contributed by atoms with E-state index in [-0.39, 0.29) is 18.3 Å². The number of carbonyl (C=O) groups excluding carboxylic acids is 1. The quantitative estimate of drug-likeness (QED) is 0.896. The van der Waals surface area contributed by atoms with Gasteiger partial charge in [-0.15, -0.1) is 12.4 Å². The molecule has 1 aliphatic rings. The van der Waals surface area contributed by atoms with Gasteiger partial charge in [0.15, 0.2) is 0 Å². The Balaban J connectivity index is 0.00000220. The number of hydrogen-bond donors (Lipinski definition) is 2. The molecule has 1 heterocycles. The molecule has 3 nitrogen and oxygen atoms in total. The predicted molar refractivity (Wildman–Crippen MR) is 90.4 cm³/mol. The van der Waals surface area contributed by atoms with Crippen LogP contribution in [-0.4, -0.2) is 25.5 Å². The minimum Gasteiger partial charge on any atom is -0.352 e. The predicted octanol–water partition coefficient (Wildman–Crippen LogP) is 3.27. The molecule has 2 rings (SSSR count). The molecule has 0 aliphatic carbocycles. The van der Waals surface area contributed by atoms with Gasteiger partial charge < -0.3 is 10.6 Å². The molecule has 0 spiro atoms. The van der Waals surface area contributed by atoms with Crippen LogP contribution in [0.4, 0.5) is 0 Å². The maximum atomic E-state index is 12.3. The van der Waals surface area contributed by atoms with Gasteiger partial charge in [0.05, 0.1) is 0 Å². The van der Waals surface area contributed by atoms with Crippen LogP contribution in [0.1, 0.15) is 54.1 Å². The summed E-state index contributed by atoms with van der Waals surface area (Å²) in [5.41, 5.74) is 3.21. The Kier molecular flexibility index (Phi) is 7.20. The number of hydrogen-bond acceptors (Lipinski definition) is 2. The highest BCUT2D eigenvalue weighted by Gasteiger charge is 2.17. The van der Waals surface area contributed by atoms with Crippen molar-refractivity contribution < 1.29 is 4.79 Å². The van der Waals surface area contributed by atoms with Crippen molar-refractivity contribution in [3.63, 3.8) is 0 Å². The lowest BCUT2D eigenvalue weighted by atomic mass is 9.88. The summed E-state index contributed by atoms with van der Waals surface area (Å²) in [7, 11) is 0. The Morgan fingerprint density at radius 3 is 2.62 bits per heavy atom. The van der Waals surface area contributed by atoms with E-state index in [2.05, 4.69) is 42.7 Å². The topological polar surface area (TPSA) is 41.1 Å². The number of rotatable bonds is 4. The Hall–Kier alpha value is -1.06. The normalized spacial score (nSPS) is 15.6. The van der Waals surface area contributed by atoms with Gasteiger partial charge in [-0.1, -0.05) is 26.0 Å². The molecule has 1 saturated heterocycles. The smallest absolute Gasteiger partial charge is 0.251 e. The molecular formula is C17H27ClN2O. The van der Waals surface area contributed by atoms with E-state index in [9.17, 15) is 4.79 Å². The molecule has 0 atom stereocenters. The minimum absolute atomic E-state index is 0. The number of amides is 1. The van der Waals surface area contributed by atoms with E-state index < -0.39 is 0 Å². The van der Waals surface area contributed by atoms with Gasteiger partial charge >= 0.3 is 0 Å². The van der Waals surface area contributed by atoms with E-state index in [4.69, 9.17) is 0 Å². The van der Waals surface area contributed by atoms with Crippen molar-refractivity contribution in [2.24, 2.45) is 5.92 Å². The van der Waals surface area contributed by atoms with Crippen LogP contribution in [0.25, 0.3) is 0 Å². The molecule has 1 amide bonds. The van der Waals surface area contributed by atoms with E-state index in [1.165, 1.54) is 5.56 Å². The fraction of sp³-hybridized carbons (Fsp3) is 0.588. The fourth-order valence-corrected chi connectivity index (χ4v) is 2.69. The van der Waals surface area contributed by atoms with Crippen molar-refractivity contribution in [1.29, 1.82) is 0 Å². The number of piperidine rings is 1. The number of halogens is 1. The monoisotopic (exact) mass is 310 g/mol. The number of nitrogens with one attached hydrogen (secondary N) is 2. The molecule has 0 bridgehead atoms. The average Bonchev–Trinajstić information content (AvgIpc) is 2.46. The van der Waals surface area contributed by atoms with E-state index in [1.54, 1.807) is 0 Å². The summed E-state index contributed by atoms with van der Waals surface area (Å²) in [5, 5.41) is 6.40. The van der Waals surface area contributed by atoms with Gasteiger partial charge in [-0.25, -0.2) is 0 Å². The van der Waals surface area contributed by atoms with Crippen LogP contribution in [0.5, 0.6) is 0 Å². The van der Waals surface area contributed by atoms with Crippen molar-refractivity contribution in [1.82, 2.24) is 10.6 Å². The summed E-state index contributed by atoms with van der Waals surface area (Å²) in [4.78, 5) is 12.3. The Morgan fingerprint density at radius 2 is 2.00 bits per heavy atom. The fourth-order valence-electron chi connectivity index (χ4n) is 2.69. The first-order chi connectivity index (χ1) is 9.58. The van der Waals surface area contributed by atoms with Gasteiger partial charge in [0, 0.05) is 12.1 Å². The summed E-state index contributed by atoms with van der Waals surface area (Å²) >= 11 is 0. The highest BCUT2D eigenvalue weighted by Crippen LogP contribution is 2.26. The van der Waals surface area contributed by atoms with Gasteiger partial charge in [-0.05, 0) is 61.9 Å². The second-order valence-electron chi connectivity index (χ2n) is 6.20. The van der Waals surface area contributed by atoms with Crippen molar-refractivity contribution in [3.05, 3.63) is 34.9 Å². The van der Waals surface area contributed by atoms with Gasteiger partial charge in [0.2, 0.25) is 0 Å². The van der Waals surface area contributed by atoms with Crippen LogP contribution in [0.2, 0.25) is 0 Å². The number of aryl methyl sites for hydroxylation is 1. The molecule has 0 radical (unpaired) electrons. The maximum Gasteiger partial charge on any atom is 0.251 e. The second kappa shape index (κ2) is 8.40. The third-order valence-corrected chi connectivity index (χ3v) is 3.99. The van der Waals surface area contributed by atoms with Crippen LogP contribution in [0.3, 0.4) is 0 Å². The van der Waals surface area contributed by atoms with E-state index in [0.717, 1.165) is 43.6 Å². The molecule has 0 saturated carbocycles. The molecule has 1 aromatic carbocycles. The van der Waals surface area contributed by atoms with E-state index in [0.29, 0.717) is 11.8 Å². The molecule has 21 heavy (non-hydrogen) atoms. The molecule has 2 N–H and O–H groups in total. The lowest BCUT2D eigenvalue weighted by Gasteiger charge is -2.23. The van der Waals surface area contributed by atoms with Gasteiger partial charge in [0.1, 0.15) is 0 Å². The summed E-state index contributed by atoms with van der Waals surface area (Å²) < 4.78 is 0. The summed E-state index contributed by atoms with van der Waals surface area (Å²) in [6.45, 7) is 9.12. The molecule has 1 fully saturated rings. The summed E-state index contributed by atoms with van der Waals surface area (Å²) in [5.74, 6) is 1.13. The first-order valence-corrected chi connectivity index (χ1v) is 7.67.